The summed E-state index contributed by atoms with van der Waals surface area (Å²) in [6.07, 6.45) is -0.827. The normalized spacial score (nSPS) is 12.0. The Kier molecular flexibility index (Phi) is 6.78. The van der Waals surface area contributed by atoms with E-state index in [0.717, 1.165) is 15.6 Å². The number of carbonyl (C=O) groups excluding carboxylic acids is 1. The number of Topliss-reactive ketones (excluding diaryl/α,β-unsaturated/α-hetero) is 1. The molecule has 0 fully saturated rings. The van der Waals surface area contributed by atoms with Crippen molar-refractivity contribution in [2.45, 2.75) is 20.0 Å². The molecule has 2 aromatic heterocycles. The molecule has 2 aromatic carbocycles. The summed E-state index contributed by atoms with van der Waals surface area (Å²) >= 11 is 7.52. The van der Waals surface area contributed by atoms with Crippen LogP contribution in [-0.4, -0.2) is 34.8 Å². The maximum Gasteiger partial charge on any atom is 0.231 e. The Bertz CT molecular complexity index is 1280. The van der Waals surface area contributed by atoms with E-state index in [-0.39, 0.29) is 22.3 Å². The summed E-state index contributed by atoms with van der Waals surface area (Å²) in [6.45, 7) is 4.08. The predicted molar refractivity (Wildman–Crippen MR) is 126 cm³/mol. The molecule has 0 aliphatic carbocycles. The number of methoxy groups -OCH3 is 1. The van der Waals surface area contributed by atoms with Gasteiger partial charge in [-0.1, -0.05) is 47.2 Å². The van der Waals surface area contributed by atoms with Gasteiger partial charge in [0.15, 0.2) is 5.76 Å². The van der Waals surface area contributed by atoms with Crippen LogP contribution in [0.1, 0.15) is 34.2 Å². The third kappa shape index (κ3) is 4.78. The highest BCUT2D eigenvalue weighted by Gasteiger charge is 2.26. The van der Waals surface area contributed by atoms with Crippen molar-refractivity contribution in [3.8, 4) is 33.4 Å². The number of nitrogens with zero attached hydrogens (tertiary/aromatic N) is 2. The van der Waals surface area contributed by atoms with Crippen LogP contribution in [0.15, 0.2) is 52.9 Å². The number of halogens is 1. The van der Waals surface area contributed by atoms with Crippen LogP contribution in [-0.2, 0) is 4.74 Å². The molecule has 0 aliphatic heterocycles. The molecule has 0 saturated heterocycles. The Balaban J connectivity index is 1.60. The zero-order chi connectivity index (χ0) is 23.5. The molecule has 1 atom stereocenters. The van der Waals surface area contributed by atoms with Gasteiger partial charge in [-0.15, -0.1) is 10.2 Å². The van der Waals surface area contributed by atoms with Gasteiger partial charge in [0.05, 0.1) is 7.11 Å². The molecule has 7 nitrogen and oxygen atoms in total. The summed E-state index contributed by atoms with van der Waals surface area (Å²) in [4.78, 5) is 13.2. The van der Waals surface area contributed by atoms with E-state index in [1.165, 1.54) is 24.5 Å². The molecule has 4 rings (SSSR count). The second-order valence-corrected chi connectivity index (χ2v) is 8.68. The number of ketones is 1. The quantitative estimate of drug-likeness (QED) is 0.302. The van der Waals surface area contributed by atoms with Crippen LogP contribution in [0.3, 0.4) is 0 Å². The van der Waals surface area contributed by atoms with Gasteiger partial charge >= 0.3 is 0 Å². The molecule has 1 unspecified atom stereocenters. The van der Waals surface area contributed by atoms with Crippen molar-refractivity contribution in [2.75, 3.05) is 13.7 Å². The average molecular weight is 485 g/mol. The van der Waals surface area contributed by atoms with Crippen LogP contribution in [0.4, 0.5) is 0 Å². The zero-order valence-corrected chi connectivity index (χ0v) is 19.7. The van der Waals surface area contributed by atoms with Crippen molar-refractivity contribution >= 4 is 28.7 Å². The number of hydrogen-bond acceptors (Lipinski definition) is 8. The van der Waals surface area contributed by atoms with Crippen LogP contribution in [0.5, 0.6) is 11.5 Å². The second kappa shape index (κ2) is 9.74. The maximum absolute atomic E-state index is 13.2. The summed E-state index contributed by atoms with van der Waals surface area (Å²) in [7, 11) is 1.45. The van der Waals surface area contributed by atoms with E-state index < -0.39 is 6.10 Å². The van der Waals surface area contributed by atoms with Crippen LogP contribution in [0.2, 0.25) is 5.02 Å². The van der Waals surface area contributed by atoms with Gasteiger partial charge in [0, 0.05) is 17.7 Å². The lowest BCUT2D eigenvalue weighted by Crippen LogP contribution is -2.16. The Hall–Kier alpha value is -3.20. The first-order chi connectivity index (χ1) is 15.9. The van der Waals surface area contributed by atoms with Crippen molar-refractivity contribution in [1.82, 2.24) is 10.2 Å². The van der Waals surface area contributed by atoms with E-state index in [2.05, 4.69) is 10.2 Å². The Morgan fingerprint density at radius 1 is 1.15 bits per heavy atom. The Morgan fingerprint density at radius 3 is 2.55 bits per heavy atom. The molecule has 33 heavy (non-hydrogen) atoms. The minimum Gasteiger partial charge on any atom is -0.506 e. The molecule has 1 N–H and O–H groups in total. The number of aryl methyl sites for hydroxylation is 1. The fourth-order valence-electron chi connectivity index (χ4n) is 3.33. The summed E-state index contributed by atoms with van der Waals surface area (Å²) in [5, 5.41) is 20.1. The van der Waals surface area contributed by atoms with E-state index >= 15 is 0 Å². The standard InChI is InChI=1S/C24H21ClN2O5S/c1-4-31-23(14-5-7-15(8-6-14)24-27-26-13(2)33-24)22(29)19-10-9-18(32-19)16-11-17(28)21(25)20(12-16)30-3/h5-12,23,28H,4H2,1-3H3. The van der Waals surface area contributed by atoms with Gasteiger partial charge in [-0.3, -0.25) is 4.79 Å². The number of benzene rings is 2. The highest BCUT2D eigenvalue weighted by atomic mass is 35.5. The van der Waals surface area contributed by atoms with Gasteiger partial charge in [-0.05, 0) is 43.7 Å². The van der Waals surface area contributed by atoms with Crippen LogP contribution >= 0.6 is 22.9 Å². The number of aromatic nitrogens is 2. The van der Waals surface area contributed by atoms with Crippen LogP contribution in [0.25, 0.3) is 21.9 Å². The SMILES string of the molecule is CCOC(C(=O)c1ccc(-c2cc(O)c(Cl)c(OC)c2)o1)c1ccc(-c2nnc(C)s2)cc1. The summed E-state index contributed by atoms with van der Waals surface area (Å²) < 4.78 is 16.8. The maximum atomic E-state index is 13.2. The van der Waals surface area contributed by atoms with Gasteiger partial charge in [-0.25, -0.2) is 0 Å². The first-order valence-electron chi connectivity index (χ1n) is 10.1. The van der Waals surface area contributed by atoms with E-state index in [4.69, 9.17) is 25.5 Å². The van der Waals surface area contributed by atoms with Crippen molar-refractivity contribution < 1.29 is 23.8 Å². The minimum atomic E-state index is -0.827. The number of aromatic hydroxyl groups is 1. The van der Waals surface area contributed by atoms with Gasteiger partial charge in [0.1, 0.15) is 38.4 Å². The zero-order valence-electron chi connectivity index (χ0n) is 18.2. The molecule has 0 spiro atoms. The molecule has 0 aliphatic rings. The number of ether oxygens (including phenoxy) is 2. The molecule has 0 saturated carbocycles. The van der Waals surface area contributed by atoms with Crippen LogP contribution < -0.4 is 4.74 Å². The smallest absolute Gasteiger partial charge is 0.231 e. The Morgan fingerprint density at radius 2 is 1.91 bits per heavy atom. The van der Waals surface area contributed by atoms with E-state index in [9.17, 15) is 9.90 Å². The monoisotopic (exact) mass is 484 g/mol. The highest BCUT2D eigenvalue weighted by Crippen LogP contribution is 2.39. The second-order valence-electron chi connectivity index (χ2n) is 7.12. The molecule has 0 radical (unpaired) electrons. The summed E-state index contributed by atoms with van der Waals surface area (Å²) in [6, 6.07) is 13.8. The first-order valence-corrected chi connectivity index (χ1v) is 11.3. The van der Waals surface area contributed by atoms with E-state index in [1.807, 2.05) is 38.1 Å². The number of phenols is 1. The van der Waals surface area contributed by atoms with Gasteiger partial charge in [0.25, 0.3) is 0 Å². The van der Waals surface area contributed by atoms with Crippen LogP contribution in [0, 0.1) is 6.92 Å². The molecule has 9 heteroatoms. The lowest BCUT2D eigenvalue weighted by atomic mass is 10.0. The third-order valence-electron chi connectivity index (χ3n) is 4.93. The van der Waals surface area contributed by atoms with Crippen molar-refractivity contribution in [1.29, 1.82) is 0 Å². The Labute approximate surface area is 199 Å². The molecule has 0 amide bonds. The predicted octanol–water partition coefficient (Wildman–Crippen LogP) is 6.10. The van der Waals surface area contributed by atoms with Gasteiger partial charge in [0.2, 0.25) is 5.78 Å². The number of phenolic OH excluding ortho intramolecular Hbond substituents is 1. The fourth-order valence-corrected chi connectivity index (χ4v) is 4.22. The van der Waals surface area contributed by atoms with Crippen molar-refractivity contribution in [2.24, 2.45) is 0 Å². The van der Waals surface area contributed by atoms with Crippen molar-refractivity contribution in [3.63, 3.8) is 0 Å². The number of rotatable bonds is 8. The van der Waals surface area contributed by atoms with Gasteiger partial charge in [-0.2, -0.15) is 0 Å². The minimum absolute atomic E-state index is 0.104. The molecular formula is C24H21ClN2O5S. The molecule has 2 heterocycles. The lowest BCUT2D eigenvalue weighted by Gasteiger charge is -2.15. The molecular weight excluding hydrogens is 464 g/mol. The number of furan rings is 1. The number of carbonyl (C=O) groups is 1. The highest BCUT2D eigenvalue weighted by molar-refractivity contribution is 7.14. The third-order valence-corrected chi connectivity index (χ3v) is 6.20. The van der Waals surface area contributed by atoms with E-state index in [0.29, 0.717) is 29.2 Å². The van der Waals surface area contributed by atoms with Crippen molar-refractivity contribution in [3.05, 3.63) is 69.9 Å². The van der Waals surface area contributed by atoms with Gasteiger partial charge < -0.3 is 19.0 Å². The van der Waals surface area contributed by atoms with E-state index in [1.54, 1.807) is 18.2 Å². The number of hydrogen-bond donors (Lipinski definition) is 1. The molecule has 4 aromatic rings. The topological polar surface area (TPSA) is 94.7 Å². The summed E-state index contributed by atoms with van der Waals surface area (Å²) in [5.74, 6) is 0.372. The fraction of sp³-hybridized carbons (Fsp3) is 0.208. The largest absolute Gasteiger partial charge is 0.506 e. The lowest BCUT2D eigenvalue weighted by molar-refractivity contribution is 0.0429. The molecule has 0 bridgehead atoms. The first kappa shape index (κ1) is 23.0. The molecule has 170 valence electrons. The average Bonchev–Trinajstić information content (AvgIpc) is 3.48. The summed E-state index contributed by atoms with van der Waals surface area (Å²) in [5.41, 5.74) is 2.15.